The number of hydrogen-bond acceptors (Lipinski definition) is 2. The zero-order valence-electron chi connectivity index (χ0n) is 13.9. The molecule has 2 atom stereocenters. The van der Waals surface area contributed by atoms with Crippen LogP contribution in [0, 0.1) is 5.92 Å². The molecule has 2 unspecified atom stereocenters. The van der Waals surface area contributed by atoms with Crippen molar-refractivity contribution in [3.05, 3.63) is 30.1 Å². The van der Waals surface area contributed by atoms with Crippen molar-refractivity contribution < 1.29 is 0 Å². The van der Waals surface area contributed by atoms with E-state index in [0.717, 1.165) is 12.5 Å². The minimum Gasteiger partial charge on any atom is -0.313 e. The quantitative estimate of drug-likeness (QED) is 0.804. The summed E-state index contributed by atoms with van der Waals surface area (Å²) in [4.78, 5) is 4.60. The molecular formula is C19H32N2. The molecule has 1 aromatic heterocycles. The standard InChI is InChI=1S/C19H32N2/c1-3-14-21-19(16(2)18-13-9-10-15-20-18)17-11-7-5-4-6-8-12-17/h9-10,13,15-17,19,21H,3-8,11-12,14H2,1-2H3. The maximum atomic E-state index is 4.60. The van der Waals surface area contributed by atoms with E-state index in [2.05, 4.69) is 36.3 Å². The van der Waals surface area contributed by atoms with Crippen LogP contribution in [0.25, 0.3) is 0 Å². The summed E-state index contributed by atoms with van der Waals surface area (Å²) in [6, 6.07) is 6.90. The molecule has 0 amide bonds. The zero-order valence-corrected chi connectivity index (χ0v) is 13.9. The van der Waals surface area contributed by atoms with Gasteiger partial charge >= 0.3 is 0 Å². The largest absolute Gasteiger partial charge is 0.313 e. The molecule has 2 rings (SSSR count). The molecule has 1 aliphatic rings. The summed E-state index contributed by atoms with van der Waals surface area (Å²) in [6.07, 6.45) is 13.0. The fraction of sp³-hybridized carbons (Fsp3) is 0.737. The Balaban J connectivity index is 2.08. The minimum absolute atomic E-state index is 0.502. The van der Waals surface area contributed by atoms with E-state index in [0.29, 0.717) is 12.0 Å². The van der Waals surface area contributed by atoms with Crippen molar-refractivity contribution in [1.82, 2.24) is 10.3 Å². The van der Waals surface area contributed by atoms with E-state index in [1.54, 1.807) is 0 Å². The lowest BCUT2D eigenvalue weighted by Gasteiger charge is -2.34. The van der Waals surface area contributed by atoms with Crippen molar-refractivity contribution in [3.8, 4) is 0 Å². The van der Waals surface area contributed by atoms with Crippen LogP contribution >= 0.6 is 0 Å². The first-order chi connectivity index (χ1) is 10.3. The molecule has 1 N–H and O–H groups in total. The van der Waals surface area contributed by atoms with Gasteiger partial charge in [0.15, 0.2) is 0 Å². The average Bonchev–Trinajstić information content (AvgIpc) is 2.49. The Bertz CT molecular complexity index is 368. The zero-order chi connectivity index (χ0) is 14.9. The van der Waals surface area contributed by atoms with Gasteiger partial charge in [-0.1, -0.05) is 52.0 Å². The number of rotatable bonds is 6. The second kappa shape index (κ2) is 9.19. The van der Waals surface area contributed by atoms with Crippen LogP contribution in [0.2, 0.25) is 0 Å². The number of nitrogens with zero attached hydrogens (tertiary/aromatic N) is 1. The highest BCUT2D eigenvalue weighted by Crippen LogP contribution is 2.31. The van der Waals surface area contributed by atoms with Crippen molar-refractivity contribution >= 4 is 0 Å². The molecule has 1 aromatic rings. The number of hydrogen-bond donors (Lipinski definition) is 1. The number of nitrogens with one attached hydrogen (secondary N) is 1. The highest BCUT2D eigenvalue weighted by atomic mass is 14.9. The van der Waals surface area contributed by atoms with Gasteiger partial charge < -0.3 is 5.32 Å². The van der Waals surface area contributed by atoms with Crippen molar-refractivity contribution in [3.63, 3.8) is 0 Å². The third-order valence-electron chi connectivity index (χ3n) is 4.98. The predicted octanol–water partition coefficient (Wildman–Crippen LogP) is 4.91. The first kappa shape index (κ1) is 16.5. The van der Waals surface area contributed by atoms with Crippen LogP contribution in [0.5, 0.6) is 0 Å². The lowest BCUT2D eigenvalue weighted by Crippen LogP contribution is -2.41. The Morgan fingerprint density at radius 3 is 2.48 bits per heavy atom. The SMILES string of the molecule is CCCNC(C1CCCCCCC1)C(C)c1ccccn1. The van der Waals surface area contributed by atoms with E-state index in [1.165, 1.54) is 57.1 Å². The summed E-state index contributed by atoms with van der Waals surface area (Å²) in [7, 11) is 0. The van der Waals surface area contributed by atoms with Gasteiger partial charge in [0.1, 0.15) is 0 Å². The lowest BCUT2D eigenvalue weighted by molar-refractivity contribution is 0.258. The molecule has 1 aliphatic carbocycles. The Labute approximate surface area is 130 Å². The first-order valence-corrected chi connectivity index (χ1v) is 8.97. The van der Waals surface area contributed by atoms with Crippen LogP contribution < -0.4 is 5.32 Å². The first-order valence-electron chi connectivity index (χ1n) is 8.97. The monoisotopic (exact) mass is 288 g/mol. The molecule has 1 saturated carbocycles. The second-order valence-electron chi connectivity index (χ2n) is 6.63. The van der Waals surface area contributed by atoms with Crippen LogP contribution in [0.3, 0.4) is 0 Å². The predicted molar refractivity (Wildman–Crippen MR) is 90.5 cm³/mol. The third-order valence-corrected chi connectivity index (χ3v) is 4.98. The van der Waals surface area contributed by atoms with Crippen LogP contribution in [-0.4, -0.2) is 17.6 Å². The minimum atomic E-state index is 0.502. The molecule has 0 aliphatic heterocycles. The van der Waals surface area contributed by atoms with Gasteiger partial charge in [0, 0.05) is 23.9 Å². The summed E-state index contributed by atoms with van der Waals surface area (Å²) >= 11 is 0. The van der Waals surface area contributed by atoms with E-state index < -0.39 is 0 Å². The second-order valence-corrected chi connectivity index (χ2v) is 6.63. The van der Waals surface area contributed by atoms with Gasteiger partial charge in [-0.2, -0.15) is 0 Å². The Hall–Kier alpha value is -0.890. The average molecular weight is 288 g/mol. The molecule has 0 aromatic carbocycles. The molecule has 0 radical (unpaired) electrons. The summed E-state index contributed by atoms with van der Waals surface area (Å²) < 4.78 is 0. The Morgan fingerprint density at radius 1 is 1.14 bits per heavy atom. The third kappa shape index (κ3) is 5.10. The fourth-order valence-corrected chi connectivity index (χ4v) is 3.74. The maximum absolute atomic E-state index is 4.60. The van der Waals surface area contributed by atoms with Crippen molar-refractivity contribution in [1.29, 1.82) is 0 Å². The van der Waals surface area contributed by atoms with Gasteiger partial charge in [-0.05, 0) is 43.9 Å². The maximum Gasteiger partial charge on any atom is 0.0447 e. The van der Waals surface area contributed by atoms with Crippen molar-refractivity contribution in [2.24, 2.45) is 5.92 Å². The highest BCUT2D eigenvalue weighted by molar-refractivity contribution is 5.12. The number of pyridine rings is 1. The summed E-state index contributed by atoms with van der Waals surface area (Å²) in [5.74, 6) is 1.32. The van der Waals surface area contributed by atoms with Gasteiger partial charge in [0.2, 0.25) is 0 Å². The highest BCUT2D eigenvalue weighted by Gasteiger charge is 2.27. The van der Waals surface area contributed by atoms with Crippen LogP contribution in [-0.2, 0) is 0 Å². The van der Waals surface area contributed by atoms with Crippen LogP contribution in [0.4, 0.5) is 0 Å². The van der Waals surface area contributed by atoms with E-state index >= 15 is 0 Å². The van der Waals surface area contributed by atoms with Crippen LogP contribution in [0.15, 0.2) is 24.4 Å². The normalized spacial score (nSPS) is 20.5. The Morgan fingerprint density at radius 2 is 1.86 bits per heavy atom. The summed E-state index contributed by atoms with van der Waals surface area (Å²) in [5.41, 5.74) is 1.24. The fourth-order valence-electron chi connectivity index (χ4n) is 3.74. The van der Waals surface area contributed by atoms with Gasteiger partial charge in [0.25, 0.3) is 0 Å². The summed E-state index contributed by atoms with van der Waals surface area (Å²) in [6.45, 7) is 5.74. The molecule has 118 valence electrons. The lowest BCUT2D eigenvalue weighted by atomic mass is 9.79. The van der Waals surface area contributed by atoms with E-state index in [9.17, 15) is 0 Å². The molecule has 0 bridgehead atoms. The molecule has 2 nitrogen and oxygen atoms in total. The molecule has 2 heteroatoms. The van der Waals surface area contributed by atoms with Gasteiger partial charge in [0.05, 0.1) is 0 Å². The molecule has 21 heavy (non-hydrogen) atoms. The molecule has 1 heterocycles. The Kier molecular flexibility index (Phi) is 7.21. The smallest absolute Gasteiger partial charge is 0.0447 e. The van der Waals surface area contributed by atoms with Gasteiger partial charge in [-0.3, -0.25) is 4.98 Å². The van der Waals surface area contributed by atoms with Crippen molar-refractivity contribution in [2.45, 2.75) is 77.2 Å². The molecule has 1 fully saturated rings. The molecule has 0 saturated heterocycles. The molecular weight excluding hydrogens is 256 g/mol. The van der Waals surface area contributed by atoms with Crippen molar-refractivity contribution in [2.75, 3.05) is 6.54 Å². The summed E-state index contributed by atoms with van der Waals surface area (Å²) in [5, 5.41) is 3.85. The van der Waals surface area contributed by atoms with E-state index in [1.807, 2.05) is 12.3 Å². The van der Waals surface area contributed by atoms with Crippen LogP contribution in [0.1, 0.15) is 76.8 Å². The van der Waals surface area contributed by atoms with E-state index in [-0.39, 0.29) is 0 Å². The van der Waals surface area contributed by atoms with E-state index in [4.69, 9.17) is 0 Å². The van der Waals surface area contributed by atoms with Gasteiger partial charge in [-0.25, -0.2) is 0 Å². The van der Waals surface area contributed by atoms with Gasteiger partial charge in [-0.15, -0.1) is 0 Å². The molecule has 0 spiro atoms. The number of aromatic nitrogens is 1. The topological polar surface area (TPSA) is 24.9 Å².